The molecule has 0 bridgehead atoms. The number of aliphatic hydroxyl groups excluding tert-OH is 1. The molecule has 0 fully saturated rings. The Morgan fingerprint density at radius 2 is 1.81 bits per heavy atom. The van der Waals surface area contributed by atoms with Crippen molar-refractivity contribution < 1.29 is 39.9 Å². The second-order valence-corrected chi connectivity index (χ2v) is 5.36. The summed E-state index contributed by atoms with van der Waals surface area (Å²) in [5.74, 6) is -4.89. The van der Waals surface area contributed by atoms with Crippen molar-refractivity contribution in [3.05, 3.63) is 29.1 Å². The van der Waals surface area contributed by atoms with Crippen LogP contribution in [0.1, 0.15) is 31.3 Å². The normalized spacial score (nSPS) is 11.4. The predicted octanol–water partition coefficient (Wildman–Crippen LogP) is 1.21. The molecule has 0 saturated heterocycles. The van der Waals surface area contributed by atoms with Gasteiger partial charge < -0.3 is 30.5 Å². The second kappa shape index (κ2) is 6.38. The molecule has 6 N–H and O–H groups in total. The summed E-state index contributed by atoms with van der Waals surface area (Å²) in [6, 6.07) is 1.90. The number of aliphatic imine (C=N–C) groups is 1. The van der Waals surface area contributed by atoms with Gasteiger partial charge in [0.1, 0.15) is 17.1 Å². The number of phenolic OH excluding ortho intramolecular Hbond substituents is 1. The van der Waals surface area contributed by atoms with Gasteiger partial charge in [0.15, 0.2) is 5.75 Å². The molecule has 3 aromatic rings. The van der Waals surface area contributed by atoms with Gasteiger partial charge in [-0.25, -0.2) is 19.4 Å². The monoisotopic (exact) mass is 373 g/mol. The van der Waals surface area contributed by atoms with Crippen molar-refractivity contribution in [2.75, 3.05) is 6.61 Å². The van der Waals surface area contributed by atoms with Crippen LogP contribution in [0.2, 0.25) is 0 Å². The number of carboxylic acid groups (broad SMARTS) is 3. The van der Waals surface area contributed by atoms with E-state index in [0.29, 0.717) is 0 Å². The standard InChI is InChI=1S/C16H11N3O8/c20-2-1-17-12-11-9(5(14(22)23)3-7(19-11)15(24)25)10-6(13(12)21)4-8(18-10)16(26)27/h1,3-4,19-21H,2H2,(H,22,23)(H,24,25)(H,26,27). The number of H-pyrrole nitrogens is 1. The van der Waals surface area contributed by atoms with E-state index in [1.54, 1.807) is 0 Å². The smallest absolute Gasteiger partial charge is 0.354 e. The number of hydrogen-bond donors (Lipinski definition) is 6. The Hall–Kier alpha value is -3.99. The largest absolute Gasteiger partial charge is 0.505 e. The second-order valence-electron chi connectivity index (χ2n) is 5.36. The average Bonchev–Trinajstić information content (AvgIpc) is 3.06. The lowest BCUT2D eigenvalue weighted by molar-refractivity contribution is 0.0678. The zero-order valence-corrected chi connectivity index (χ0v) is 13.3. The van der Waals surface area contributed by atoms with Crippen LogP contribution in [0.3, 0.4) is 0 Å². The van der Waals surface area contributed by atoms with E-state index in [1.807, 2.05) is 0 Å². The number of aromatic hydroxyl groups is 1. The minimum atomic E-state index is -1.49. The van der Waals surface area contributed by atoms with Gasteiger partial charge in [-0.1, -0.05) is 0 Å². The maximum Gasteiger partial charge on any atom is 0.354 e. The Morgan fingerprint density at radius 3 is 2.37 bits per heavy atom. The van der Waals surface area contributed by atoms with E-state index in [0.717, 1.165) is 18.3 Å². The fourth-order valence-corrected chi connectivity index (χ4v) is 2.69. The minimum absolute atomic E-state index is 0.0797. The van der Waals surface area contributed by atoms with Crippen LogP contribution in [0.4, 0.5) is 5.69 Å². The van der Waals surface area contributed by atoms with Gasteiger partial charge in [-0.2, -0.15) is 0 Å². The third kappa shape index (κ3) is 2.81. The summed E-state index contributed by atoms with van der Waals surface area (Å²) in [4.78, 5) is 44.4. The highest BCUT2D eigenvalue weighted by molar-refractivity contribution is 6.21. The first-order valence-electron chi connectivity index (χ1n) is 7.31. The van der Waals surface area contributed by atoms with Crippen molar-refractivity contribution in [2.45, 2.75) is 0 Å². The lowest BCUT2D eigenvalue weighted by Gasteiger charge is -2.11. The summed E-state index contributed by atoms with van der Waals surface area (Å²) in [6.07, 6.45) is 0.997. The highest BCUT2D eigenvalue weighted by atomic mass is 16.4. The molecule has 0 aliphatic rings. The number of hydrogen-bond acceptors (Lipinski definition) is 7. The third-order valence-electron chi connectivity index (χ3n) is 3.77. The fourth-order valence-electron chi connectivity index (χ4n) is 2.69. The summed E-state index contributed by atoms with van der Waals surface area (Å²) < 4.78 is 0. The van der Waals surface area contributed by atoms with Gasteiger partial charge in [-0.05, 0) is 12.1 Å². The molecule has 3 rings (SSSR count). The van der Waals surface area contributed by atoms with E-state index >= 15 is 0 Å². The molecule has 11 heteroatoms. The minimum Gasteiger partial charge on any atom is -0.505 e. The van der Waals surface area contributed by atoms with Crippen LogP contribution in [0.15, 0.2) is 17.1 Å². The Balaban J connectivity index is 2.63. The number of fused-ring (bicyclic) bond motifs is 3. The molecule has 2 aromatic heterocycles. The molecule has 0 unspecified atom stereocenters. The van der Waals surface area contributed by atoms with Gasteiger partial charge in [-0.3, -0.25) is 4.99 Å². The van der Waals surface area contributed by atoms with E-state index in [2.05, 4.69) is 15.0 Å². The summed E-state index contributed by atoms with van der Waals surface area (Å²) in [5.41, 5.74) is -2.00. The number of aromatic nitrogens is 2. The molecule has 0 atom stereocenters. The van der Waals surface area contributed by atoms with Gasteiger partial charge in [0.25, 0.3) is 0 Å². The first-order chi connectivity index (χ1) is 12.8. The molecule has 0 saturated carbocycles. The highest BCUT2D eigenvalue weighted by Gasteiger charge is 2.25. The first kappa shape index (κ1) is 17.8. The van der Waals surface area contributed by atoms with Crippen LogP contribution in [-0.4, -0.2) is 66.2 Å². The van der Waals surface area contributed by atoms with Crippen molar-refractivity contribution in [1.82, 2.24) is 9.97 Å². The van der Waals surface area contributed by atoms with E-state index in [-0.39, 0.29) is 27.5 Å². The van der Waals surface area contributed by atoms with Gasteiger partial charge in [0.05, 0.1) is 23.2 Å². The maximum atomic E-state index is 11.7. The summed E-state index contributed by atoms with van der Waals surface area (Å²) in [5, 5.41) is 47.1. The van der Waals surface area contributed by atoms with E-state index in [1.165, 1.54) is 0 Å². The lowest BCUT2D eigenvalue weighted by Crippen LogP contribution is -2.07. The Morgan fingerprint density at radius 1 is 1.11 bits per heavy atom. The number of aromatic amines is 1. The van der Waals surface area contributed by atoms with Crippen molar-refractivity contribution >= 4 is 51.6 Å². The van der Waals surface area contributed by atoms with Crippen molar-refractivity contribution in [1.29, 1.82) is 0 Å². The summed E-state index contributed by atoms with van der Waals surface area (Å²) >= 11 is 0. The molecule has 1 aromatic carbocycles. The average molecular weight is 373 g/mol. The highest BCUT2D eigenvalue weighted by Crippen LogP contribution is 2.43. The van der Waals surface area contributed by atoms with Crippen molar-refractivity contribution in [3.8, 4) is 5.75 Å². The zero-order chi connectivity index (χ0) is 19.9. The molecule has 0 radical (unpaired) electrons. The number of nitrogens with zero attached hydrogens (tertiary/aromatic N) is 2. The van der Waals surface area contributed by atoms with Crippen LogP contribution < -0.4 is 0 Å². The number of pyridine rings is 1. The molecular formula is C16H11N3O8. The van der Waals surface area contributed by atoms with Crippen molar-refractivity contribution in [2.24, 2.45) is 4.99 Å². The number of nitrogens with one attached hydrogen (secondary N) is 1. The molecule has 0 aliphatic carbocycles. The number of benzene rings is 1. The molecule has 2 heterocycles. The Kier molecular flexibility index (Phi) is 4.21. The number of rotatable bonds is 5. The van der Waals surface area contributed by atoms with Crippen LogP contribution in [0.25, 0.3) is 21.8 Å². The molecule has 138 valence electrons. The Labute approximate surface area is 148 Å². The van der Waals surface area contributed by atoms with Crippen LogP contribution >= 0.6 is 0 Å². The third-order valence-corrected chi connectivity index (χ3v) is 3.77. The molecule has 0 amide bonds. The Bertz CT molecular complexity index is 1160. The predicted molar refractivity (Wildman–Crippen MR) is 91.4 cm³/mol. The quantitative estimate of drug-likeness (QED) is 0.356. The zero-order valence-electron chi connectivity index (χ0n) is 13.3. The van der Waals surface area contributed by atoms with Gasteiger partial charge in [0.2, 0.25) is 0 Å². The van der Waals surface area contributed by atoms with Gasteiger partial charge in [0, 0.05) is 17.0 Å². The summed E-state index contributed by atoms with van der Waals surface area (Å²) in [7, 11) is 0. The number of phenols is 1. The van der Waals surface area contributed by atoms with E-state index in [4.69, 9.17) is 10.2 Å². The summed E-state index contributed by atoms with van der Waals surface area (Å²) in [6.45, 7) is -0.511. The van der Waals surface area contributed by atoms with E-state index in [9.17, 15) is 29.7 Å². The molecule has 0 spiro atoms. The van der Waals surface area contributed by atoms with E-state index < -0.39 is 47.2 Å². The molecule has 0 aliphatic heterocycles. The van der Waals surface area contributed by atoms with Crippen LogP contribution in [0.5, 0.6) is 5.75 Å². The lowest BCUT2D eigenvalue weighted by atomic mass is 10.0. The van der Waals surface area contributed by atoms with Crippen LogP contribution in [0, 0.1) is 0 Å². The number of aliphatic hydroxyl groups is 1. The number of carboxylic acids is 3. The van der Waals surface area contributed by atoms with Gasteiger partial charge in [-0.15, -0.1) is 0 Å². The molecular weight excluding hydrogens is 362 g/mol. The first-order valence-corrected chi connectivity index (χ1v) is 7.31. The molecule has 27 heavy (non-hydrogen) atoms. The molecule has 11 nitrogen and oxygen atoms in total. The maximum absolute atomic E-state index is 11.7. The number of aromatic carboxylic acids is 3. The SMILES string of the molecule is O=C(O)c1cc2c(O)c(N=CCO)c3[nH]c(C(=O)O)cc(C(=O)O)c3c2n1. The van der Waals surface area contributed by atoms with Gasteiger partial charge >= 0.3 is 17.9 Å². The van der Waals surface area contributed by atoms with Crippen LogP contribution in [-0.2, 0) is 0 Å². The topological polar surface area (TPSA) is 193 Å². The van der Waals surface area contributed by atoms with Crippen molar-refractivity contribution in [3.63, 3.8) is 0 Å². The number of carbonyl (C=O) groups is 3. The fraction of sp³-hybridized carbons (Fsp3) is 0.0625.